The minimum atomic E-state index is -0.445. The Hall–Kier alpha value is -1.01. The molecule has 0 spiro atoms. The third-order valence-corrected chi connectivity index (χ3v) is 1.59. The largest absolute Gasteiger partial charge is 0.289 e. The zero-order chi connectivity index (χ0) is 8.27. The SMILES string of the molecule is NNC(=O)c1ncncc1Br. The molecule has 58 valence electrons. The van der Waals surface area contributed by atoms with Crippen molar-refractivity contribution < 1.29 is 4.79 Å². The van der Waals surface area contributed by atoms with E-state index in [2.05, 4.69) is 25.9 Å². The third kappa shape index (κ3) is 1.72. The highest BCUT2D eigenvalue weighted by atomic mass is 79.9. The monoisotopic (exact) mass is 216 g/mol. The highest BCUT2D eigenvalue weighted by Gasteiger charge is 2.08. The molecule has 0 aliphatic carbocycles. The van der Waals surface area contributed by atoms with Gasteiger partial charge in [0.2, 0.25) is 0 Å². The topological polar surface area (TPSA) is 80.9 Å². The summed E-state index contributed by atoms with van der Waals surface area (Å²) >= 11 is 3.10. The van der Waals surface area contributed by atoms with E-state index in [1.165, 1.54) is 12.5 Å². The van der Waals surface area contributed by atoms with Gasteiger partial charge in [0.05, 0.1) is 4.47 Å². The van der Waals surface area contributed by atoms with Crippen molar-refractivity contribution in [3.8, 4) is 0 Å². The van der Waals surface area contributed by atoms with E-state index in [0.29, 0.717) is 4.47 Å². The van der Waals surface area contributed by atoms with Gasteiger partial charge in [0.15, 0.2) is 0 Å². The van der Waals surface area contributed by atoms with Gasteiger partial charge in [-0.3, -0.25) is 10.2 Å². The second-order valence-electron chi connectivity index (χ2n) is 1.69. The summed E-state index contributed by atoms with van der Waals surface area (Å²) in [6.45, 7) is 0. The average Bonchev–Trinajstić information content (AvgIpc) is 2.04. The van der Waals surface area contributed by atoms with Crippen molar-refractivity contribution in [1.29, 1.82) is 0 Å². The fourth-order valence-electron chi connectivity index (χ4n) is 0.548. The molecule has 5 nitrogen and oxygen atoms in total. The minimum Gasteiger partial charge on any atom is -0.289 e. The molecule has 0 aliphatic heterocycles. The second kappa shape index (κ2) is 3.40. The predicted octanol–water partition coefficient (Wildman–Crippen LogP) is -0.157. The van der Waals surface area contributed by atoms with E-state index >= 15 is 0 Å². The number of halogens is 1. The van der Waals surface area contributed by atoms with Gasteiger partial charge < -0.3 is 0 Å². The molecule has 1 aromatic rings. The van der Waals surface area contributed by atoms with Gasteiger partial charge in [-0.15, -0.1) is 0 Å². The Bertz CT molecular complexity index is 277. The predicted molar refractivity (Wildman–Crippen MR) is 41.4 cm³/mol. The molecule has 6 heteroatoms. The molecule has 1 heterocycles. The molecule has 0 aromatic carbocycles. The third-order valence-electron chi connectivity index (χ3n) is 1.01. The van der Waals surface area contributed by atoms with Crippen molar-refractivity contribution >= 4 is 21.8 Å². The van der Waals surface area contributed by atoms with E-state index in [0.717, 1.165) is 0 Å². The smallest absolute Gasteiger partial charge is 0.285 e. The Kier molecular flexibility index (Phi) is 2.50. The number of rotatable bonds is 1. The number of nitrogens with two attached hydrogens (primary N) is 1. The number of nitrogens with zero attached hydrogens (tertiary/aromatic N) is 2. The van der Waals surface area contributed by atoms with E-state index in [1.54, 1.807) is 0 Å². The number of carbonyl (C=O) groups is 1. The summed E-state index contributed by atoms with van der Waals surface area (Å²) in [4.78, 5) is 18.3. The molecular formula is C5H5BrN4O. The Morgan fingerprint density at radius 1 is 1.73 bits per heavy atom. The highest BCUT2D eigenvalue weighted by molar-refractivity contribution is 9.10. The molecule has 0 atom stereocenters. The first-order valence-electron chi connectivity index (χ1n) is 2.72. The van der Waals surface area contributed by atoms with Gasteiger partial charge in [-0.05, 0) is 15.9 Å². The molecule has 3 N–H and O–H groups in total. The molecule has 0 radical (unpaired) electrons. The number of nitrogen functional groups attached to an aromatic ring is 1. The van der Waals surface area contributed by atoms with Crippen LogP contribution in [-0.4, -0.2) is 15.9 Å². The lowest BCUT2D eigenvalue weighted by Crippen LogP contribution is -2.31. The molecule has 1 aromatic heterocycles. The molecule has 0 bridgehead atoms. The number of hydrogen-bond acceptors (Lipinski definition) is 4. The van der Waals surface area contributed by atoms with Crippen LogP contribution in [0.2, 0.25) is 0 Å². The van der Waals surface area contributed by atoms with Gasteiger partial charge in [-0.2, -0.15) is 0 Å². The summed E-state index contributed by atoms with van der Waals surface area (Å²) in [7, 11) is 0. The number of hydrogen-bond donors (Lipinski definition) is 2. The van der Waals surface area contributed by atoms with Crippen molar-refractivity contribution in [1.82, 2.24) is 15.4 Å². The summed E-state index contributed by atoms with van der Waals surface area (Å²) in [5.41, 5.74) is 2.19. The van der Waals surface area contributed by atoms with Crippen LogP contribution in [0.3, 0.4) is 0 Å². The Morgan fingerprint density at radius 3 is 3.00 bits per heavy atom. The summed E-state index contributed by atoms with van der Waals surface area (Å²) in [6, 6.07) is 0. The van der Waals surface area contributed by atoms with Crippen LogP contribution in [0.15, 0.2) is 17.0 Å². The lowest BCUT2D eigenvalue weighted by molar-refractivity contribution is 0.0947. The average molecular weight is 217 g/mol. The molecule has 0 saturated heterocycles. The fraction of sp³-hybridized carbons (Fsp3) is 0. The Morgan fingerprint density at radius 2 is 2.45 bits per heavy atom. The molecule has 11 heavy (non-hydrogen) atoms. The van der Waals surface area contributed by atoms with Crippen LogP contribution in [-0.2, 0) is 0 Å². The lowest BCUT2D eigenvalue weighted by Gasteiger charge is -1.98. The maximum absolute atomic E-state index is 10.9. The summed E-state index contributed by atoms with van der Waals surface area (Å²) in [5.74, 6) is 4.45. The van der Waals surface area contributed by atoms with Gasteiger partial charge in [-0.1, -0.05) is 0 Å². The number of aromatic nitrogens is 2. The van der Waals surface area contributed by atoms with Crippen molar-refractivity contribution in [3.05, 3.63) is 22.7 Å². The van der Waals surface area contributed by atoms with Crippen LogP contribution in [0.5, 0.6) is 0 Å². The molecule has 0 aliphatic rings. The number of carbonyl (C=O) groups excluding carboxylic acids is 1. The molecule has 1 rings (SSSR count). The normalized spacial score (nSPS) is 9.27. The van der Waals surface area contributed by atoms with Crippen LogP contribution < -0.4 is 11.3 Å². The van der Waals surface area contributed by atoms with Crippen molar-refractivity contribution in [2.24, 2.45) is 5.84 Å². The number of amides is 1. The minimum absolute atomic E-state index is 0.225. The first-order valence-corrected chi connectivity index (χ1v) is 3.51. The van der Waals surface area contributed by atoms with Gasteiger partial charge in [0.25, 0.3) is 5.91 Å². The number of hydrazine groups is 1. The van der Waals surface area contributed by atoms with E-state index in [4.69, 9.17) is 5.84 Å². The van der Waals surface area contributed by atoms with Crippen LogP contribution >= 0.6 is 15.9 Å². The Labute approximate surface area is 71.1 Å². The van der Waals surface area contributed by atoms with E-state index in [-0.39, 0.29) is 5.69 Å². The van der Waals surface area contributed by atoms with Crippen molar-refractivity contribution in [3.63, 3.8) is 0 Å². The Balaban J connectivity index is 3.03. The van der Waals surface area contributed by atoms with Crippen molar-refractivity contribution in [2.75, 3.05) is 0 Å². The molecule has 0 fully saturated rings. The van der Waals surface area contributed by atoms with Crippen LogP contribution in [0.4, 0.5) is 0 Å². The lowest BCUT2D eigenvalue weighted by atomic mass is 10.4. The van der Waals surface area contributed by atoms with E-state index in [1.807, 2.05) is 5.43 Å². The van der Waals surface area contributed by atoms with E-state index < -0.39 is 5.91 Å². The zero-order valence-electron chi connectivity index (χ0n) is 5.41. The zero-order valence-corrected chi connectivity index (χ0v) is 7.00. The maximum Gasteiger partial charge on any atom is 0.285 e. The molecule has 1 amide bonds. The highest BCUT2D eigenvalue weighted by Crippen LogP contribution is 2.10. The summed E-state index contributed by atoms with van der Waals surface area (Å²) in [5, 5.41) is 0. The van der Waals surface area contributed by atoms with Gasteiger partial charge in [0, 0.05) is 6.20 Å². The molecule has 0 saturated carbocycles. The van der Waals surface area contributed by atoms with Gasteiger partial charge >= 0.3 is 0 Å². The fourth-order valence-corrected chi connectivity index (χ4v) is 0.949. The van der Waals surface area contributed by atoms with Crippen LogP contribution in [0.1, 0.15) is 10.5 Å². The van der Waals surface area contributed by atoms with Crippen molar-refractivity contribution in [2.45, 2.75) is 0 Å². The molecular weight excluding hydrogens is 212 g/mol. The van der Waals surface area contributed by atoms with Gasteiger partial charge in [-0.25, -0.2) is 15.8 Å². The number of nitrogens with one attached hydrogen (secondary N) is 1. The summed E-state index contributed by atoms with van der Waals surface area (Å²) in [6.07, 6.45) is 2.74. The quantitative estimate of drug-likeness (QED) is 0.389. The summed E-state index contributed by atoms with van der Waals surface area (Å²) < 4.78 is 0.517. The van der Waals surface area contributed by atoms with Crippen LogP contribution in [0, 0.1) is 0 Å². The first-order chi connectivity index (χ1) is 5.25. The van der Waals surface area contributed by atoms with Gasteiger partial charge in [0.1, 0.15) is 12.0 Å². The second-order valence-corrected chi connectivity index (χ2v) is 2.55. The first kappa shape index (κ1) is 8.09. The maximum atomic E-state index is 10.9. The standard InChI is InChI=1S/C5H5BrN4O/c6-3-1-8-2-9-4(3)5(11)10-7/h1-2H,7H2,(H,10,11). The van der Waals surface area contributed by atoms with E-state index in [9.17, 15) is 4.79 Å². The molecule has 0 unspecified atom stereocenters. The van der Waals surface area contributed by atoms with Crippen LogP contribution in [0.25, 0.3) is 0 Å².